The molecule has 1 aliphatic heterocycles. The summed E-state index contributed by atoms with van der Waals surface area (Å²) in [6.07, 6.45) is 1.28. The van der Waals surface area contributed by atoms with Crippen LogP contribution in [0.1, 0.15) is 35.1 Å². The van der Waals surface area contributed by atoms with E-state index in [2.05, 4.69) is 37.4 Å². The first-order valence-electron chi connectivity index (χ1n) is 9.83. The van der Waals surface area contributed by atoms with Gasteiger partial charge in [0.05, 0.1) is 7.11 Å². The Hall–Kier alpha value is -2.37. The Morgan fingerprint density at radius 3 is 2.82 bits per heavy atom. The first kappa shape index (κ1) is 20.4. The number of aliphatic hydroxyl groups is 1. The number of methoxy groups -OCH3 is 1. The van der Waals surface area contributed by atoms with Crippen molar-refractivity contribution < 1.29 is 14.6 Å². The zero-order chi connectivity index (χ0) is 20.1. The number of nitrogens with zero attached hydrogens (tertiary/aromatic N) is 1. The predicted molar refractivity (Wildman–Crippen MR) is 110 cm³/mol. The second-order valence-electron chi connectivity index (χ2n) is 7.75. The molecule has 2 aromatic carbocycles. The third kappa shape index (κ3) is 4.72. The van der Waals surface area contributed by atoms with Gasteiger partial charge in [-0.2, -0.15) is 0 Å². The normalized spacial score (nSPS) is 19.7. The van der Waals surface area contributed by atoms with Crippen molar-refractivity contribution in [1.82, 2.24) is 10.2 Å². The summed E-state index contributed by atoms with van der Waals surface area (Å²) in [6.45, 7) is 6.18. The highest BCUT2D eigenvalue weighted by Crippen LogP contribution is 2.25. The van der Waals surface area contributed by atoms with Crippen LogP contribution in [0.25, 0.3) is 0 Å². The Labute approximate surface area is 167 Å². The van der Waals surface area contributed by atoms with Crippen LogP contribution in [0.3, 0.4) is 0 Å². The van der Waals surface area contributed by atoms with E-state index < -0.39 is 5.60 Å². The molecule has 0 spiro atoms. The molecule has 28 heavy (non-hydrogen) atoms. The van der Waals surface area contributed by atoms with Crippen molar-refractivity contribution in [3.8, 4) is 5.75 Å². The highest BCUT2D eigenvalue weighted by Gasteiger charge is 2.41. The maximum Gasteiger partial charge on any atom is 0.256 e. The number of carbonyl (C=O) groups is 1. The van der Waals surface area contributed by atoms with Crippen molar-refractivity contribution in [2.24, 2.45) is 0 Å². The second-order valence-corrected chi connectivity index (χ2v) is 7.75. The molecule has 0 radical (unpaired) electrons. The molecule has 1 fully saturated rings. The van der Waals surface area contributed by atoms with E-state index in [1.54, 1.807) is 12.0 Å². The van der Waals surface area contributed by atoms with E-state index in [-0.39, 0.29) is 12.5 Å². The molecule has 3 rings (SSSR count). The molecule has 0 aliphatic carbocycles. The third-order valence-corrected chi connectivity index (χ3v) is 5.45. The lowest BCUT2D eigenvalue weighted by Crippen LogP contribution is -2.57. The molecule has 150 valence electrons. The molecule has 5 heteroatoms. The Morgan fingerprint density at radius 2 is 2.04 bits per heavy atom. The zero-order valence-electron chi connectivity index (χ0n) is 17.0. The van der Waals surface area contributed by atoms with Gasteiger partial charge in [-0.05, 0) is 55.5 Å². The van der Waals surface area contributed by atoms with Crippen molar-refractivity contribution >= 4 is 5.91 Å². The number of hydrogen-bond donors (Lipinski definition) is 2. The van der Waals surface area contributed by atoms with Crippen LogP contribution in [-0.4, -0.2) is 41.7 Å². The van der Waals surface area contributed by atoms with Gasteiger partial charge in [0.2, 0.25) is 0 Å². The summed E-state index contributed by atoms with van der Waals surface area (Å²) in [5, 5.41) is 14.3. The predicted octanol–water partition coefficient (Wildman–Crippen LogP) is 2.96. The standard InChI is InChI=1S/C23H30N2O3/c1-17-8-9-18(2)20(12-17)14-24-16-23(27)10-5-11-25(22(23)26)15-19-6-4-7-21(13-19)28-3/h4,6-9,12-13,24,27H,5,10-11,14-16H2,1-3H3. The summed E-state index contributed by atoms with van der Waals surface area (Å²) < 4.78 is 5.26. The van der Waals surface area contributed by atoms with Gasteiger partial charge in [0.25, 0.3) is 5.91 Å². The molecule has 5 nitrogen and oxygen atoms in total. The molecule has 1 aliphatic rings. The average molecular weight is 383 g/mol. The summed E-state index contributed by atoms with van der Waals surface area (Å²) in [5.41, 5.74) is 3.26. The molecule has 0 saturated carbocycles. The molecule has 1 atom stereocenters. The van der Waals surface area contributed by atoms with Crippen molar-refractivity contribution in [2.45, 2.75) is 45.4 Å². The van der Waals surface area contributed by atoms with E-state index in [0.29, 0.717) is 26.1 Å². The summed E-state index contributed by atoms with van der Waals surface area (Å²) >= 11 is 0. The van der Waals surface area contributed by atoms with Crippen LogP contribution in [0.5, 0.6) is 5.75 Å². The van der Waals surface area contributed by atoms with Gasteiger partial charge in [0.1, 0.15) is 5.75 Å². The Balaban J connectivity index is 1.62. The van der Waals surface area contributed by atoms with E-state index in [0.717, 1.165) is 17.7 Å². The molecule has 2 aromatic rings. The van der Waals surface area contributed by atoms with E-state index in [1.165, 1.54) is 16.7 Å². The van der Waals surface area contributed by atoms with Crippen molar-refractivity contribution in [3.05, 3.63) is 64.7 Å². The Bertz CT molecular complexity index is 836. The number of amides is 1. The van der Waals surface area contributed by atoms with Crippen LogP contribution in [-0.2, 0) is 17.9 Å². The highest BCUT2D eigenvalue weighted by molar-refractivity contribution is 5.86. The van der Waals surface area contributed by atoms with Gasteiger partial charge in [0, 0.05) is 26.2 Å². The van der Waals surface area contributed by atoms with Gasteiger partial charge in [-0.25, -0.2) is 0 Å². The number of carbonyl (C=O) groups excluding carboxylic acids is 1. The Kier molecular flexibility index (Phi) is 6.37. The molecule has 1 amide bonds. The molecular formula is C23H30N2O3. The van der Waals surface area contributed by atoms with Gasteiger partial charge in [-0.1, -0.05) is 35.9 Å². The van der Waals surface area contributed by atoms with Crippen LogP contribution < -0.4 is 10.1 Å². The lowest BCUT2D eigenvalue weighted by molar-refractivity contribution is -0.157. The average Bonchev–Trinajstić information content (AvgIpc) is 2.68. The number of rotatable bonds is 7. The first-order valence-corrected chi connectivity index (χ1v) is 9.83. The SMILES string of the molecule is COc1cccc(CN2CCCC(O)(CNCc3cc(C)ccc3C)C2=O)c1. The number of benzene rings is 2. The van der Waals surface area contributed by atoms with Gasteiger partial charge in [-0.15, -0.1) is 0 Å². The van der Waals surface area contributed by atoms with Gasteiger partial charge in [-0.3, -0.25) is 4.79 Å². The van der Waals surface area contributed by atoms with Gasteiger partial charge >= 0.3 is 0 Å². The molecular weight excluding hydrogens is 352 g/mol. The van der Waals surface area contributed by atoms with Crippen LogP contribution in [0.2, 0.25) is 0 Å². The zero-order valence-corrected chi connectivity index (χ0v) is 17.0. The van der Waals surface area contributed by atoms with Crippen molar-refractivity contribution in [2.75, 3.05) is 20.2 Å². The lowest BCUT2D eigenvalue weighted by atomic mass is 9.91. The second kappa shape index (κ2) is 8.76. The van der Waals surface area contributed by atoms with E-state index in [9.17, 15) is 9.90 Å². The number of ether oxygens (including phenoxy) is 1. The topological polar surface area (TPSA) is 61.8 Å². The number of hydrogen-bond acceptors (Lipinski definition) is 4. The maximum absolute atomic E-state index is 13.0. The van der Waals surface area contributed by atoms with Crippen LogP contribution >= 0.6 is 0 Å². The third-order valence-electron chi connectivity index (χ3n) is 5.45. The minimum Gasteiger partial charge on any atom is -0.497 e. The molecule has 0 bridgehead atoms. The summed E-state index contributed by atoms with van der Waals surface area (Å²) in [7, 11) is 1.63. The first-order chi connectivity index (χ1) is 13.4. The van der Waals surface area contributed by atoms with Crippen LogP contribution in [0.4, 0.5) is 0 Å². The fourth-order valence-electron chi connectivity index (χ4n) is 3.77. The maximum atomic E-state index is 13.0. The number of piperidine rings is 1. The minimum absolute atomic E-state index is 0.199. The largest absolute Gasteiger partial charge is 0.497 e. The van der Waals surface area contributed by atoms with Crippen LogP contribution in [0, 0.1) is 13.8 Å². The highest BCUT2D eigenvalue weighted by atomic mass is 16.5. The van der Waals surface area contributed by atoms with E-state index in [1.807, 2.05) is 24.3 Å². The lowest BCUT2D eigenvalue weighted by Gasteiger charge is -2.38. The van der Waals surface area contributed by atoms with E-state index in [4.69, 9.17) is 4.74 Å². The minimum atomic E-state index is -1.35. The van der Waals surface area contributed by atoms with Gasteiger partial charge in [0.15, 0.2) is 5.60 Å². The fourth-order valence-corrected chi connectivity index (χ4v) is 3.77. The van der Waals surface area contributed by atoms with Gasteiger partial charge < -0.3 is 20.1 Å². The van der Waals surface area contributed by atoms with E-state index >= 15 is 0 Å². The monoisotopic (exact) mass is 382 g/mol. The smallest absolute Gasteiger partial charge is 0.256 e. The quantitative estimate of drug-likeness (QED) is 0.773. The molecule has 2 N–H and O–H groups in total. The number of nitrogens with one attached hydrogen (secondary N) is 1. The van der Waals surface area contributed by atoms with Crippen LogP contribution in [0.15, 0.2) is 42.5 Å². The number of likely N-dealkylation sites (tertiary alicyclic amines) is 1. The summed E-state index contributed by atoms with van der Waals surface area (Å²) in [4.78, 5) is 14.7. The summed E-state index contributed by atoms with van der Waals surface area (Å²) in [5.74, 6) is 0.572. The molecule has 1 heterocycles. The van der Waals surface area contributed by atoms with Crippen molar-refractivity contribution in [1.29, 1.82) is 0 Å². The fraction of sp³-hybridized carbons (Fsp3) is 0.435. The molecule has 1 saturated heterocycles. The molecule has 0 aromatic heterocycles. The summed E-state index contributed by atoms with van der Waals surface area (Å²) in [6, 6.07) is 14.0. The Morgan fingerprint density at radius 1 is 1.21 bits per heavy atom. The van der Waals surface area contributed by atoms with Crippen molar-refractivity contribution in [3.63, 3.8) is 0 Å². The molecule has 1 unspecified atom stereocenters. The number of aryl methyl sites for hydroxylation is 2.